The zero-order chi connectivity index (χ0) is 25.4. The van der Waals surface area contributed by atoms with Crippen molar-refractivity contribution in [2.24, 2.45) is 5.41 Å². The molecule has 1 atom stereocenters. The molecule has 3 aliphatic rings. The van der Waals surface area contributed by atoms with Crippen LogP contribution >= 0.6 is 24.0 Å². The number of nitrogens with one attached hydrogen (secondary N) is 1. The Bertz CT molecular complexity index is 1320. The SMILES string of the molecule is Cl.O=C(N[C@H]1CCc2cccc(C(=O)N3CCC4(CCN(c5ccncc5)CC4)C3)c21)c1ccccc1Cl. The molecule has 1 N–H and O–H groups in total. The fourth-order valence-corrected chi connectivity index (χ4v) is 6.60. The van der Waals surface area contributed by atoms with E-state index in [1.807, 2.05) is 41.6 Å². The first-order valence-electron chi connectivity index (χ1n) is 13.1. The quantitative estimate of drug-likeness (QED) is 0.452. The summed E-state index contributed by atoms with van der Waals surface area (Å²) in [7, 11) is 0. The number of benzene rings is 2. The van der Waals surface area contributed by atoms with Gasteiger partial charge in [0.05, 0.1) is 16.6 Å². The number of nitrogens with zero attached hydrogens (tertiary/aromatic N) is 3. The third kappa shape index (κ3) is 4.99. The van der Waals surface area contributed by atoms with Gasteiger partial charge in [0.1, 0.15) is 0 Å². The summed E-state index contributed by atoms with van der Waals surface area (Å²) in [6.45, 7) is 3.59. The normalized spacial score (nSPS) is 19.7. The Kier molecular flexibility index (Phi) is 7.64. The molecule has 6 nitrogen and oxygen atoms in total. The highest BCUT2D eigenvalue weighted by Crippen LogP contribution is 2.42. The highest BCUT2D eigenvalue weighted by Gasteiger charge is 2.43. The molecule has 2 aliphatic heterocycles. The van der Waals surface area contributed by atoms with Gasteiger partial charge in [0.2, 0.25) is 0 Å². The van der Waals surface area contributed by atoms with Gasteiger partial charge in [-0.15, -0.1) is 12.4 Å². The molecular weight excluding hydrogens is 519 g/mol. The maximum absolute atomic E-state index is 13.8. The number of hydrogen-bond donors (Lipinski definition) is 1. The summed E-state index contributed by atoms with van der Waals surface area (Å²) < 4.78 is 0. The van der Waals surface area contributed by atoms with Crippen LogP contribution in [0.4, 0.5) is 5.69 Å². The maximum atomic E-state index is 13.8. The molecule has 3 heterocycles. The van der Waals surface area contributed by atoms with E-state index in [1.54, 1.807) is 12.1 Å². The van der Waals surface area contributed by atoms with Crippen molar-refractivity contribution in [1.29, 1.82) is 0 Å². The van der Waals surface area contributed by atoms with Gasteiger partial charge in [-0.1, -0.05) is 35.9 Å². The minimum absolute atomic E-state index is 0. The Morgan fingerprint density at radius 1 is 0.921 bits per heavy atom. The Morgan fingerprint density at radius 2 is 1.63 bits per heavy atom. The predicted octanol–water partition coefficient (Wildman–Crippen LogP) is 5.71. The highest BCUT2D eigenvalue weighted by atomic mass is 35.5. The van der Waals surface area contributed by atoms with Gasteiger partial charge in [-0.05, 0) is 79.0 Å². The highest BCUT2D eigenvalue weighted by molar-refractivity contribution is 6.33. The van der Waals surface area contributed by atoms with Gasteiger partial charge >= 0.3 is 0 Å². The Labute approximate surface area is 234 Å². The van der Waals surface area contributed by atoms with Gasteiger partial charge in [0.15, 0.2) is 0 Å². The number of rotatable bonds is 4. The minimum atomic E-state index is -0.202. The second-order valence-electron chi connectivity index (χ2n) is 10.6. The van der Waals surface area contributed by atoms with Crippen LogP contribution in [0.25, 0.3) is 0 Å². The minimum Gasteiger partial charge on any atom is -0.371 e. The van der Waals surface area contributed by atoms with Crippen molar-refractivity contribution in [3.8, 4) is 0 Å². The number of fused-ring (bicyclic) bond motifs is 1. The van der Waals surface area contributed by atoms with Crippen molar-refractivity contribution in [3.63, 3.8) is 0 Å². The number of amides is 2. The smallest absolute Gasteiger partial charge is 0.254 e. The number of aromatic nitrogens is 1. The lowest BCUT2D eigenvalue weighted by Gasteiger charge is -2.40. The van der Waals surface area contributed by atoms with Crippen LogP contribution < -0.4 is 10.2 Å². The van der Waals surface area contributed by atoms with Crippen molar-refractivity contribution in [1.82, 2.24) is 15.2 Å². The molecular formula is C30H32Cl2N4O2. The zero-order valence-corrected chi connectivity index (χ0v) is 22.8. The summed E-state index contributed by atoms with van der Waals surface area (Å²) in [4.78, 5) is 35.5. The lowest BCUT2D eigenvalue weighted by Crippen LogP contribution is -2.42. The van der Waals surface area contributed by atoms with Crippen LogP contribution in [-0.2, 0) is 6.42 Å². The molecule has 198 valence electrons. The number of aryl methyl sites for hydroxylation is 1. The van der Waals surface area contributed by atoms with Crippen molar-refractivity contribution in [2.45, 2.75) is 38.1 Å². The maximum Gasteiger partial charge on any atom is 0.254 e. The monoisotopic (exact) mass is 550 g/mol. The molecule has 8 heteroatoms. The number of pyridine rings is 1. The molecule has 0 radical (unpaired) electrons. The van der Waals surface area contributed by atoms with E-state index in [-0.39, 0.29) is 35.7 Å². The van der Waals surface area contributed by atoms with Crippen LogP contribution in [0.1, 0.15) is 63.6 Å². The van der Waals surface area contributed by atoms with Gasteiger partial charge in [0, 0.05) is 49.8 Å². The van der Waals surface area contributed by atoms with Gasteiger partial charge < -0.3 is 15.1 Å². The molecule has 0 bridgehead atoms. The van der Waals surface area contributed by atoms with E-state index in [1.165, 1.54) is 5.69 Å². The lowest BCUT2D eigenvalue weighted by atomic mass is 9.77. The number of hydrogen-bond acceptors (Lipinski definition) is 4. The van der Waals surface area contributed by atoms with E-state index in [4.69, 9.17) is 11.6 Å². The van der Waals surface area contributed by atoms with Gasteiger partial charge in [-0.2, -0.15) is 0 Å². The summed E-state index contributed by atoms with van der Waals surface area (Å²) in [5.41, 5.74) is 4.72. The van der Waals surface area contributed by atoms with E-state index in [2.05, 4.69) is 33.4 Å². The Hall–Kier alpha value is -3.09. The molecule has 2 fully saturated rings. The number of carbonyl (C=O) groups is 2. The second-order valence-corrected chi connectivity index (χ2v) is 11.0. The third-order valence-corrected chi connectivity index (χ3v) is 8.81. The summed E-state index contributed by atoms with van der Waals surface area (Å²) in [6, 6.07) is 17.0. The van der Waals surface area contributed by atoms with Crippen LogP contribution in [0.3, 0.4) is 0 Å². The first-order valence-corrected chi connectivity index (χ1v) is 13.5. The largest absolute Gasteiger partial charge is 0.371 e. The fraction of sp³-hybridized carbons (Fsp3) is 0.367. The number of anilines is 1. The standard InChI is InChI=1S/C30H31ClN4O2.ClH/c31-25-7-2-1-5-23(25)28(36)33-26-9-8-21-4-3-6-24(27(21)26)29(37)35-19-14-30(20-35)12-17-34(18-13-30)22-10-15-32-16-11-22;/h1-7,10-11,15-16,26H,8-9,12-14,17-20H2,(H,33,36);1H/t26-;/m0./s1. The third-order valence-electron chi connectivity index (χ3n) is 8.48. The molecule has 6 rings (SSSR count). The summed E-state index contributed by atoms with van der Waals surface area (Å²) in [6.07, 6.45) is 8.54. The van der Waals surface area contributed by atoms with Crippen LogP contribution in [0.5, 0.6) is 0 Å². The second kappa shape index (κ2) is 11.0. The first-order chi connectivity index (χ1) is 18.0. The van der Waals surface area contributed by atoms with Gasteiger partial charge in [-0.25, -0.2) is 0 Å². The van der Waals surface area contributed by atoms with Gasteiger partial charge in [-0.3, -0.25) is 14.6 Å². The predicted molar refractivity (Wildman–Crippen MR) is 152 cm³/mol. The van der Waals surface area contributed by atoms with Crippen LogP contribution in [0, 0.1) is 5.41 Å². The summed E-state index contributed by atoms with van der Waals surface area (Å²) in [5.74, 6) is -0.115. The molecule has 1 aromatic heterocycles. The van der Waals surface area contributed by atoms with Crippen molar-refractivity contribution in [3.05, 3.63) is 94.3 Å². The van der Waals surface area contributed by atoms with E-state index >= 15 is 0 Å². The summed E-state index contributed by atoms with van der Waals surface area (Å²) in [5, 5.41) is 3.58. The lowest BCUT2D eigenvalue weighted by molar-refractivity contribution is 0.0761. The van der Waals surface area contributed by atoms with Crippen LogP contribution in [0.2, 0.25) is 5.02 Å². The fourth-order valence-electron chi connectivity index (χ4n) is 6.38. The number of carbonyl (C=O) groups excluding carboxylic acids is 2. The molecule has 2 aromatic carbocycles. The van der Waals surface area contributed by atoms with Crippen molar-refractivity contribution >= 4 is 41.5 Å². The molecule has 1 spiro atoms. The van der Waals surface area contributed by atoms with E-state index < -0.39 is 0 Å². The average molecular weight is 552 g/mol. The van der Waals surface area contributed by atoms with E-state index in [9.17, 15) is 9.59 Å². The first kappa shape index (κ1) is 26.5. The molecule has 2 amide bonds. The topological polar surface area (TPSA) is 65.5 Å². The number of piperidine rings is 1. The number of likely N-dealkylation sites (tertiary alicyclic amines) is 1. The van der Waals surface area contributed by atoms with Crippen LogP contribution in [0.15, 0.2) is 67.0 Å². The van der Waals surface area contributed by atoms with E-state index in [0.29, 0.717) is 10.6 Å². The Morgan fingerprint density at radius 3 is 2.39 bits per heavy atom. The Balaban J connectivity index is 0.00000294. The number of halogens is 2. The molecule has 3 aromatic rings. The molecule has 1 aliphatic carbocycles. The van der Waals surface area contributed by atoms with E-state index in [0.717, 1.165) is 75.0 Å². The summed E-state index contributed by atoms with van der Waals surface area (Å²) >= 11 is 6.26. The molecule has 38 heavy (non-hydrogen) atoms. The van der Waals surface area contributed by atoms with Crippen molar-refractivity contribution < 1.29 is 9.59 Å². The molecule has 0 unspecified atom stereocenters. The van der Waals surface area contributed by atoms with Gasteiger partial charge in [0.25, 0.3) is 11.8 Å². The van der Waals surface area contributed by atoms with Crippen LogP contribution in [-0.4, -0.2) is 47.9 Å². The van der Waals surface area contributed by atoms with Crippen molar-refractivity contribution in [2.75, 3.05) is 31.1 Å². The molecule has 0 saturated carbocycles. The molecule has 2 saturated heterocycles. The average Bonchev–Trinajstić information content (AvgIpc) is 3.54. The zero-order valence-electron chi connectivity index (χ0n) is 21.2.